The first-order valence-corrected chi connectivity index (χ1v) is 7.20. The molecule has 1 aliphatic heterocycles. The molecule has 13 heavy (non-hydrogen) atoms. The van der Waals surface area contributed by atoms with E-state index in [9.17, 15) is 9.32 Å². The molecule has 0 bridgehead atoms. The molecule has 1 N–H and O–H groups in total. The second-order valence-electron chi connectivity index (χ2n) is 3.86. The molecule has 0 saturated carbocycles. The molecule has 1 saturated heterocycles. The van der Waals surface area contributed by atoms with Crippen molar-refractivity contribution in [3.05, 3.63) is 0 Å². The molecule has 1 aliphatic rings. The maximum absolute atomic E-state index is 11.8. The SMILES string of the molecule is CS[C@@]1(C(O)C(C)C)CCCS1=O. The second-order valence-corrected chi connectivity index (χ2v) is 7.08. The van der Waals surface area contributed by atoms with Crippen molar-refractivity contribution >= 4 is 22.6 Å². The minimum Gasteiger partial charge on any atom is -0.390 e. The highest BCUT2D eigenvalue weighted by Crippen LogP contribution is 2.43. The molecule has 0 aromatic rings. The number of hydrogen-bond acceptors (Lipinski definition) is 3. The Hall–Kier alpha value is 0.460. The van der Waals surface area contributed by atoms with Gasteiger partial charge in [0.15, 0.2) is 0 Å². The highest BCUT2D eigenvalue weighted by molar-refractivity contribution is 8.12. The van der Waals surface area contributed by atoms with Crippen LogP contribution in [0.25, 0.3) is 0 Å². The lowest BCUT2D eigenvalue weighted by atomic mass is 10.0. The molecule has 4 heteroatoms. The normalized spacial score (nSPS) is 36.8. The van der Waals surface area contributed by atoms with Gasteiger partial charge in [0.05, 0.1) is 6.10 Å². The van der Waals surface area contributed by atoms with Crippen LogP contribution in [0.5, 0.6) is 0 Å². The van der Waals surface area contributed by atoms with Crippen molar-refractivity contribution < 1.29 is 9.32 Å². The van der Waals surface area contributed by atoms with Gasteiger partial charge < -0.3 is 5.11 Å². The lowest BCUT2D eigenvalue weighted by Gasteiger charge is -2.33. The summed E-state index contributed by atoms with van der Waals surface area (Å²) in [6.45, 7) is 3.97. The Balaban J connectivity index is 2.86. The van der Waals surface area contributed by atoms with E-state index >= 15 is 0 Å². The monoisotopic (exact) mass is 222 g/mol. The van der Waals surface area contributed by atoms with E-state index in [2.05, 4.69) is 0 Å². The molecule has 0 amide bonds. The first kappa shape index (κ1) is 11.5. The van der Waals surface area contributed by atoms with Crippen LogP contribution < -0.4 is 0 Å². The van der Waals surface area contributed by atoms with E-state index < -0.39 is 16.9 Å². The number of aliphatic hydroxyl groups is 1. The predicted octanol–water partition coefficient (Wildman–Crippen LogP) is 1.61. The fourth-order valence-corrected chi connectivity index (χ4v) is 5.36. The van der Waals surface area contributed by atoms with Crippen molar-refractivity contribution in [1.82, 2.24) is 0 Å². The van der Waals surface area contributed by atoms with Gasteiger partial charge in [0.2, 0.25) is 0 Å². The molecular formula is C9H18O2S2. The first-order valence-electron chi connectivity index (χ1n) is 4.66. The van der Waals surface area contributed by atoms with Gasteiger partial charge in [-0.2, -0.15) is 0 Å². The van der Waals surface area contributed by atoms with E-state index in [0.29, 0.717) is 0 Å². The maximum Gasteiger partial charge on any atom is 0.117 e. The van der Waals surface area contributed by atoms with Crippen LogP contribution in [-0.4, -0.2) is 31.5 Å². The molecule has 0 radical (unpaired) electrons. The maximum atomic E-state index is 11.8. The van der Waals surface area contributed by atoms with Crippen LogP contribution in [0.3, 0.4) is 0 Å². The van der Waals surface area contributed by atoms with Gasteiger partial charge >= 0.3 is 0 Å². The summed E-state index contributed by atoms with van der Waals surface area (Å²) in [5.74, 6) is 0.944. The standard InChI is InChI=1S/C9H18O2S2/c1-7(2)8(10)9(12-3)5-4-6-13(9)11/h7-8,10H,4-6H2,1-3H3/t8?,9-,13?/m0/s1. The first-order chi connectivity index (χ1) is 6.04. The Kier molecular flexibility index (Phi) is 3.83. The summed E-state index contributed by atoms with van der Waals surface area (Å²) >= 11 is 1.57. The second kappa shape index (κ2) is 4.32. The van der Waals surface area contributed by atoms with Crippen molar-refractivity contribution in [2.45, 2.75) is 36.9 Å². The van der Waals surface area contributed by atoms with Gasteiger partial charge in [0.25, 0.3) is 0 Å². The van der Waals surface area contributed by atoms with E-state index in [-0.39, 0.29) is 10.00 Å². The number of thioether (sulfide) groups is 1. The highest BCUT2D eigenvalue weighted by Gasteiger charge is 2.47. The number of aliphatic hydroxyl groups excluding tert-OH is 1. The van der Waals surface area contributed by atoms with E-state index in [1.54, 1.807) is 11.8 Å². The van der Waals surface area contributed by atoms with Crippen LogP contribution in [0.15, 0.2) is 0 Å². The molecule has 1 rings (SSSR count). The molecule has 2 unspecified atom stereocenters. The van der Waals surface area contributed by atoms with Crippen molar-refractivity contribution in [2.24, 2.45) is 5.92 Å². The van der Waals surface area contributed by atoms with Crippen LogP contribution in [0, 0.1) is 5.92 Å². The third kappa shape index (κ3) is 1.95. The summed E-state index contributed by atoms with van der Waals surface area (Å²) in [7, 11) is -0.857. The Morgan fingerprint density at radius 3 is 2.46 bits per heavy atom. The van der Waals surface area contributed by atoms with Gasteiger partial charge in [-0.3, -0.25) is 4.21 Å². The van der Waals surface area contributed by atoms with Crippen LogP contribution in [0.1, 0.15) is 26.7 Å². The van der Waals surface area contributed by atoms with Crippen LogP contribution >= 0.6 is 11.8 Å². The average molecular weight is 222 g/mol. The van der Waals surface area contributed by atoms with Crippen LogP contribution in [-0.2, 0) is 10.8 Å². The van der Waals surface area contributed by atoms with E-state index in [0.717, 1.165) is 18.6 Å². The average Bonchev–Trinajstić information content (AvgIpc) is 2.46. The zero-order chi connectivity index (χ0) is 10.1. The van der Waals surface area contributed by atoms with Crippen molar-refractivity contribution in [3.63, 3.8) is 0 Å². The quantitative estimate of drug-likeness (QED) is 0.788. The van der Waals surface area contributed by atoms with Gasteiger partial charge in [-0.05, 0) is 25.0 Å². The van der Waals surface area contributed by atoms with Crippen molar-refractivity contribution in [3.8, 4) is 0 Å². The summed E-state index contributed by atoms with van der Waals surface area (Å²) < 4.78 is 11.4. The molecule has 2 nitrogen and oxygen atoms in total. The Morgan fingerprint density at radius 2 is 2.15 bits per heavy atom. The fraction of sp³-hybridized carbons (Fsp3) is 1.00. The van der Waals surface area contributed by atoms with Crippen LogP contribution in [0.4, 0.5) is 0 Å². The Morgan fingerprint density at radius 1 is 1.54 bits per heavy atom. The molecule has 0 aromatic carbocycles. The van der Waals surface area contributed by atoms with Crippen molar-refractivity contribution in [2.75, 3.05) is 12.0 Å². The van der Waals surface area contributed by atoms with E-state index in [1.807, 2.05) is 20.1 Å². The molecule has 0 aliphatic carbocycles. The van der Waals surface area contributed by atoms with Gasteiger partial charge in [0.1, 0.15) is 4.08 Å². The molecule has 1 fully saturated rings. The lowest BCUT2D eigenvalue weighted by Crippen LogP contribution is -2.43. The fourth-order valence-electron chi connectivity index (χ4n) is 1.84. The predicted molar refractivity (Wildman–Crippen MR) is 59.3 cm³/mol. The molecular weight excluding hydrogens is 204 g/mol. The molecule has 78 valence electrons. The summed E-state index contributed by atoms with van der Waals surface area (Å²) in [4.78, 5) is 0. The topological polar surface area (TPSA) is 37.3 Å². The third-order valence-corrected chi connectivity index (χ3v) is 6.74. The van der Waals surface area contributed by atoms with Crippen molar-refractivity contribution in [1.29, 1.82) is 0 Å². The zero-order valence-electron chi connectivity index (χ0n) is 8.45. The number of rotatable bonds is 3. The van der Waals surface area contributed by atoms with E-state index in [1.165, 1.54) is 0 Å². The Labute approximate surface area is 86.9 Å². The Bertz CT molecular complexity index is 206. The summed E-state index contributed by atoms with van der Waals surface area (Å²) in [6.07, 6.45) is 3.39. The lowest BCUT2D eigenvalue weighted by molar-refractivity contribution is 0.110. The van der Waals surface area contributed by atoms with Gasteiger partial charge in [-0.15, -0.1) is 11.8 Å². The van der Waals surface area contributed by atoms with E-state index in [4.69, 9.17) is 0 Å². The minimum absolute atomic E-state index is 0.189. The molecule has 3 atom stereocenters. The summed E-state index contributed by atoms with van der Waals surface area (Å²) in [5.41, 5.74) is 0. The summed E-state index contributed by atoms with van der Waals surface area (Å²) in [6, 6.07) is 0. The largest absolute Gasteiger partial charge is 0.390 e. The smallest absolute Gasteiger partial charge is 0.117 e. The van der Waals surface area contributed by atoms with Gasteiger partial charge in [-0.1, -0.05) is 13.8 Å². The summed E-state index contributed by atoms with van der Waals surface area (Å²) in [5, 5.41) is 10.0. The highest BCUT2D eigenvalue weighted by atomic mass is 32.2. The molecule has 1 heterocycles. The third-order valence-electron chi connectivity index (χ3n) is 2.67. The molecule has 0 spiro atoms. The zero-order valence-corrected chi connectivity index (χ0v) is 10.1. The van der Waals surface area contributed by atoms with Gasteiger partial charge in [-0.25, -0.2) is 0 Å². The van der Waals surface area contributed by atoms with Crippen LogP contribution in [0.2, 0.25) is 0 Å². The minimum atomic E-state index is -0.857. The van der Waals surface area contributed by atoms with Gasteiger partial charge in [0, 0.05) is 16.6 Å². The molecule has 0 aromatic heterocycles. The number of hydrogen-bond donors (Lipinski definition) is 1.